The second-order valence-corrected chi connectivity index (χ2v) is 6.82. The van der Waals surface area contributed by atoms with E-state index in [4.69, 9.17) is 5.11 Å². The van der Waals surface area contributed by atoms with Gasteiger partial charge in [-0.05, 0) is 50.6 Å². The number of hydrogen-bond donors (Lipinski definition) is 2. The Morgan fingerprint density at radius 2 is 1.79 bits per heavy atom. The van der Waals surface area contributed by atoms with E-state index in [1.54, 1.807) is 32.0 Å². The summed E-state index contributed by atoms with van der Waals surface area (Å²) in [5.74, 6) is -0.300. The molecule has 29 heavy (non-hydrogen) atoms. The molecule has 8 heteroatoms. The smallest absolute Gasteiger partial charge is 0.396 e. The number of carbonyl (C=O) groups is 1. The number of amides is 1. The third-order valence-corrected chi connectivity index (χ3v) is 4.53. The first kappa shape index (κ1) is 20.7. The van der Waals surface area contributed by atoms with Crippen molar-refractivity contribution in [2.75, 3.05) is 6.61 Å². The molecule has 152 valence electrons. The highest BCUT2D eigenvalue weighted by molar-refractivity contribution is 5.97. The van der Waals surface area contributed by atoms with E-state index >= 15 is 0 Å². The van der Waals surface area contributed by atoms with Crippen molar-refractivity contribution in [2.45, 2.75) is 32.5 Å². The number of hydrogen-bond acceptors (Lipinski definition) is 4. The van der Waals surface area contributed by atoms with E-state index in [9.17, 15) is 18.0 Å². The van der Waals surface area contributed by atoms with Gasteiger partial charge in [-0.2, -0.15) is 13.2 Å². The molecule has 3 aromatic rings. The van der Waals surface area contributed by atoms with Crippen LogP contribution in [-0.4, -0.2) is 33.6 Å². The van der Waals surface area contributed by atoms with E-state index in [2.05, 4.69) is 15.3 Å². The lowest BCUT2D eigenvalue weighted by atomic mass is 10.1. The van der Waals surface area contributed by atoms with Gasteiger partial charge in [0.2, 0.25) is 0 Å². The summed E-state index contributed by atoms with van der Waals surface area (Å²) in [5, 5.41) is 11.7. The van der Waals surface area contributed by atoms with E-state index in [0.717, 1.165) is 12.1 Å². The number of aromatic nitrogens is 2. The molecule has 1 amide bonds. The third-order valence-electron chi connectivity index (χ3n) is 4.53. The molecule has 0 aliphatic carbocycles. The van der Waals surface area contributed by atoms with Crippen molar-refractivity contribution >= 4 is 16.9 Å². The summed E-state index contributed by atoms with van der Waals surface area (Å²) in [6.07, 6.45) is -3.96. The molecule has 1 aromatic heterocycles. The predicted molar refractivity (Wildman–Crippen MR) is 103 cm³/mol. The lowest BCUT2D eigenvalue weighted by Gasteiger charge is -2.13. The highest BCUT2D eigenvalue weighted by Crippen LogP contribution is 2.31. The van der Waals surface area contributed by atoms with Crippen molar-refractivity contribution in [3.63, 3.8) is 0 Å². The Hall–Kier alpha value is -3.00. The molecule has 1 heterocycles. The highest BCUT2D eigenvalue weighted by Gasteiger charge is 2.30. The molecule has 0 unspecified atom stereocenters. The fourth-order valence-corrected chi connectivity index (χ4v) is 2.95. The number of rotatable bonds is 5. The zero-order chi connectivity index (χ0) is 21.2. The predicted octanol–water partition coefficient (Wildman–Crippen LogP) is 4.12. The minimum atomic E-state index is -4.40. The van der Waals surface area contributed by atoms with Crippen molar-refractivity contribution in [3.05, 3.63) is 59.3 Å². The highest BCUT2D eigenvalue weighted by atomic mass is 19.4. The van der Waals surface area contributed by atoms with Crippen LogP contribution in [0.1, 0.15) is 35.0 Å². The van der Waals surface area contributed by atoms with Crippen LogP contribution in [0.2, 0.25) is 0 Å². The Morgan fingerprint density at radius 1 is 1.10 bits per heavy atom. The van der Waals surface area contributed by atoms with Gasteiger partial charge in [0.1, 0.15) is 0 Å². The van der Waals surface area contributed by atoms with Gasteiger partial charge >= 0.3 is 6.18 Å². The molecular weight excluding hydrogens is 383 g/mol. The Kier molecular flexibility index (Phi) is 5.83. The van der Waals surface area contributed by atoms with E-state index in [0.29, 0.717) is 40.0 Å². The molecule has 0 saturated carbocycles. The molecule has 1 atom stereocenters. The maximum Gasteiger partial charge on any atom is 0.416 e. The molecule has 2 aromatic carbocycles. The van der Waals surface area contributed by atoms with E-state index in [-0.39, 0.29) is 18.6 Å². The second-order valence-electron chi connectivity index (χ2n) is 6.82. The summed E-state index contributed by atoms with van der Waals surface area (Å²) in [6.45, 7) is 3.50. The largest absolute Gasteiger partial charge is 0.416 e. The monoisotopic (exact) mass is 403 g/mol. The number of aliphatic hydroxyl groups excluding tert-OH is 1. The standard InChI is InChI=1S/C21H20F3N3O2/c1-12(9-10-28)25-20(29)15-5-8-17-18(11-15)27-19(13(2)26-17)14-3-6-16(7-4-14)21(22,23)24/h3-8,11-12,28H,9-10H2,1-2H3,(H,25,29)/t12-/m1/s1. The zero-order valence-corrected chi connectivity index (χ0v) is 15.9. The molecule has 0 fully saturated rings. The average Bonchev–Trinajstić information content (AvgIpc) is 2.66. The SMILES string of the molecule is Cc1nc2ccc(C(=O)N[C@H](C)CCO)cc2nc1-c1ccc(C(F)(F)F)cc1. The first-order valence-corrected chi connectivity index (χ1v) is 9.07. The molecule has 0 aliphatic heterocycles. The lowest BCUT2D eigenvalue weighted by Crippen LogP contribution is -2.33. The van der Waals surface area contributed by atoms with Gasteiger partial charge in [0, 0.05) is 23.8 Å². The quantitative estimate of drug-likeness (QED) is 0.672. The first-order valence-electron chi connectivity index (χ1n) is 9.07. The fourth-order valence-electron chi connectivity index (χ4n) is 2.95. The van der Waals surface area contributed by atoms with Gasteiger partial charge in [0.25, 0.3) is 5.91 Å². The van der Waals surface area contributed by atoms with Crippen LogP contribution < -0.4 is 5.32 Å². The molecular formula is C21H20F3N3O2. The number of benzene rings is 2. The molecule has 3 rings (SSSR count). The number of fused-ring (bicyclic) bond motifs is 1. The normalized spacial score (nSPS) is 12.8. The summed E-state index contributed by atoms with van der Waals surface area (Å²) in [5.41, 5.74) is 2.24. The second kappa shape index (κ2) is 8.16. The van der Waals surface area contributed by atoms with Gasteiger partial charge in [-0.1, -0.05) is 12.1 Å². The Balaban J connectivity index is 1.95. The van der Waals surface area contributed by atoms with Crippen LogP contribution in [0.15, 0.2) is 42.5 Å². The number of halogens is 3. The van der Waals surface area contributed by atoms with Crippen LogP contribution in [0.4, 0.5) is 13.2 Å². The van der Waals surface area contributed by atoms with Crippen LogP contribution in [0.5, 0.6) is 0 Å². The minimum Gasteiger partial charge on any atom is -0.396 e. The molecule has 2 N–H and O–H groups in total. The van der Waals surface area contributed by atoms with Crippen LogP contribution in [-0.2, 0) is 6.18 Å². The van der Waals surface area contributed by atoms with Gasteiger partial charge in [0.15, 0.2) is 0 Å². The van der Waals surface area contributed by atoms with Crippen LogP contribution >= 0.6 is 0 Å². The molecule has 5 nitrogen and oxygen atoms in total. The Labute approximate surface area is 165 Å². The molecule has 0 aliphatic rings. The summed E-state index contributed by atoms with van der Waals surface area (Å²) in [4.78, 5) is 21.4. The van der Waals surface area contributed by atoms with Gasteiger partial charge in [-0.25, -0.2) is 9.97 Å². The summed E-state index contributed by atoms with van der Waals surface area (Å²) < 4.78 is 38.4. The van der Waals surface area contributed by atoms with E-state index in [1.807, 2.05) is 0 Å². The first-order chi connectivity index (χ1) is 13.7. The number of nitrogens with one attached hydrogen (secondary N) is 1. The lowest BCUT2D eigenvalue weighted by molar-refractivity contribution is -0.137. The van der Waals surface area contributed by atoms with E-state index in [1.165, 1.54) is 12.1 Å². The number of aryl methyl sites for hydroxylation is 1. The summed E-state index contributed by atoms with van der Waals surface area (Å²) in [7, 11) is 0. The molecule has 0 bridgehead atoms. The van der Waals surface area contributed by atoms with Crippen molar-refractivity contribution in [2.24, 2.45) is 0 Å². The topological polar surface area (TPSA) is 75.1 Å². The molecule has 0 spiro atoms. The molecule has 0 saturated heterocycles. The van der Waals surface area contributed by atoms with Crippen molar-refractivity contribution in [3.8, 4) is 11.3 Å². The van der Waals surface area contributed by atoms with Crippen molar-refractivity contribution in [1.29, 1.82) is 0 Å². The van der Waals surface area contributed by atoms with Gasteiger partial charge in [0.05, 0.1) is 28.0 Å². The van der Waals surface area contributed by atoms with Crippen LogP contribution in [0.25, 0.3) is 22.3 Å². The number of alkyl halides is 3. The fraction of sp³-hybridized carbons (Fsp3) is 0.286. The average molecular weight is 403 g/mol. The summed E-state index contributed by atoms with van der Waals surface area (Å²) in [6, 6.07) is 9.45. The summed E-state index contributed by atoms with van der Waals surface area (Å²) >= 11 is 0. The van der Waals surface area contributed by atoms with Gasteiger partial charge < -0.3 is 10.4 Å². The Morgan fingerprint density at radius 3 is 2.41 bits per heavy atom. The van der Waals surface area contributed by atoms with Crippen molar-refractivity contribution < 1.29 is 23.1 Å². The maximum atomic E-state index is 12.8. The van der Waals surface area contributed by atoms with Crippen LogP contribution in [0.3, 0.4) is 0 Å². The minimum absolute atomic E-state index is 0.0274. The van der Waals surface area contributed by atoms with Crippen LogP contribution in [0, 0.1) is 6.92 Å². The van der Waals surface area contributed by atoms with Gasteiger partial charge in [-0.15, -0.1) is 0 Å². The number of carbonyl (C=O) groups excluding carboxylic acids is 1. The van der Waals surface area contributed by atoms with E-state index < -0.39 is 11.7 Å². The number of nitrogens with zero attached hydrogens (tertiary/aromatic N) is 2. The maximum absolute atomic E-state index is 12.8. The third kappa shape index (κ3) is 4.71. The van der Waals surface area contributed by atoms with Crippen molar-refractivity contribution in [1.82, 2.24) is 15.3 Å². The van der Waals surface area contributed by atoms with Gasteiger partial charge in [-0.3, -0.25) is 4.79 Å². The number of aliphatic hydroxyl groups is 1. The Bertz CT molecular complexity index is 1030. The molecule has 0 radical (unpaired) electrons. The zero-order valence-electron chi connectivity index (χ0n) is 15.9.